The third-order valence-electron chi connectivity index (χ3n) is 2.50. The van der Waals surface area contributed by atoms with Crippen molar-refractivity contribution >= 4 is 0 Å². The summed E-state index contributed by atoms with van der Waals surface area (Å²) in [6, 6.07) is 10.3. The van der Waals surface area contributed by atoms with Gasteiger partial charge < -0.3 is 9.47 Å². The topological polar surface area (TPSA) is 21.8 Å². The van der Waals surface area contributed by atoms with Gasteiger partial charge in [-0.25, -0.2) is 0 Å². The molecule has 0 aliphatic carbocycles. The van der Waals surface area contributed by atoms with Crippen molar-refractivity contribution in [2.45, 2.75) is 25.6 Å². The van der Waals surface area contributed by atoms with Gasteiger partial charge in [0.15, 0.2) is 0 Å². The molecule has 1 aliphatic rings. The van der Waals surface area contributed by atoms with Gasteiger partial charge in [0, 0.05) is 0 Å². The molecule has 0 bridgehead atoms. The van der Waals surface area contributed by atoms with E-state index >= 15 is 0 Å². The minimum absolute atomic E-state index is 0.215. The van der Waals surface area contributed by atoms with Gasteiger partial charge in [-0.15, -0.1) is 0 Å². The van der Waals surface area contributed by atoms with E-state index in [1.807, 2.05) is 18.2 Å². The number of hydrogen-bond acceptors (Lipinski definition) is 2. The molecule has 14 heavy (non-hydrogen) atoms. The van der Waals surface area contributed by atoms with Crippen LogP contribution in [0, 0.1) is 0 Å². The SMILES string of the molecule is CC(C)(OCC1CO1)c1ccccc1. The molecule has 0 N–H and O–H groups in total. The van der Waals surface area contributed by atoms with E-state index in [9.17, 15) is 0 Å². The lowest BCUT2D eigenvalue weighted by molar-refractivity contribution is -0.0285. The van der Waals surface area contributed by atoms with Crippen molar-refractivity contribution in [3.05, 3.63) is 35.9 Å². The van der Waals surface area contributed by atoms with E-state index in [2.05, 4.69) is 26.0 Å². The highest BCUT2D eigenvalue weighted by Crippen LogP contribution is 2.25. The maximum Gasteiger partial charge on any atom is 0.104 e. The van der Waals surface area contributed by atoms with Crippen LogP contribution >= 0.6 is 0 Å². The van der Waals surface area contributed by atoms with Crippen LogP contribution in [0.2, 0.25) is 0 Å². The Bertz CT molecular complexity index is 288. The molecule has 1 fully saturated rings. The number of hydrogen-bond donors (Lipinski definition) is 0. The predicted molar refractivity (Wildman–Crippen MR) is 55.2 cm³/mol. The second kappa shape index (κ2) is 3.71. The number of rotatable bonds is 4. The zero-order valence-electron chi connectivity index (χ0n) is 8.69. The molecule has 2 heteroatoms. The molecule has 1 saturated heterocycles. The van der Waals surface area contributed by atoms with E-state index in [1.54, 1.807) is 0 Å². The van der Waals surface area contributed by atoms with Crippen molar-refractivity contribution in [3.8, 4) is 0 Å². The number of benzene rings is 1. The minimum Gasteiger partial charge on any atom is -0.371 e. The summed E-state index contributed by atoms with van der Waals surface area (Å²) in [5.41, 5.74) is 0.994. The van der Waals surface area contributed by atoms with Crippen LogP contribution in [0.3, 0.4) is 0 Å². The molecule has 2 rings (SSSR count). The Morgan fingerprint density at radius 2 is 2.00 bits per heavy atom. The first-order valence-electron chi connectivity index (χ1n) is 4.99. The molecule has 2 nitrogen and oxygen atoms in total. The van der Waals surface area contributed by atoms with E-state index in [4.69, 9.17) is 9.47 Å². The normalized spacial score (nSPS) is 20.9. The number of ether oxygens (including phenoxy) is 2. The number of epoxide rings is 1. The van der Waals surface area contributed by atoms with Gasteiger partial charge in [-0.1, -0.05) is 30.3 Å². The van der Waals surface area contributed by atoms with Crippen LogP contribution in [0.5, 0.6) is 0 Å². The lowest BCUT2D eigenvalue weighted by Gasteiger charge is -2.25. The highest BCUT2D eigenvalue weighted by molar-refractivity contribution is 5.20. The van der Waals surface area contributed by atoms with Gasteiger partial charge in [0.05, 0.1) is 18.8 Å². The van der Waals surface area contributed by atoms with Crippen LogP contribution in [0.4, 0.5) is 0 Å². The van der Waals surface area contributed by atoms with Gasteiger partial charge in [0.25, 0.3) is 0 Å². The molecule has 1 heterocycles. The summed E-state index contributed by atoms with van der Waals surface area (Å²) in [5.74, 6) is 0. The van der Waals surface area contributed by atoms with Gasteiger partial charge in [-0.05, 0) is 19.4 Å². The van der Waals surface area contributed by atoms with Crippen LogP contribution in [0.15, 0.2) is 30.3 Å². The van der Waals surface area contributed by atoms with Crippen molar-refractivity contribution in [2.24, 2.45) is 0 Å². The fraction of sp³-hybridized carbons (Fsp3) is 0.500. The largest absolute Gasteiger partial charge is 0.371 e. The van der Waals surface area contributed by atoms with Crippen molar-refractivity contribution < 1.29 is 9.47 Å². The Morgan fingerprint density at radius 3 is 2.57 bits per heavy atom. The Hall–Kier alpha value is -0.860. The van der Waals surface area contributed by atoms with Crippen LogP contribution in [0.25, 0.3) is 0 Å². The third kappa shape index (κ3) is 2.34. The lowest BCUT2D eigenvalue weighted by atomic mass is 9.98. The van der Waals surface area contributed by atoms with Gasteiger partial charge in [-0.3, -0.25) is 0 Å². The summed E-state index contributed by atoms with van der Waals surface area (Å²) in [4.78, 5) is 0. The molecule has 1 unspecified atom stereocenters. The molecule has 0 saturated carbocycles. The second-order valence-corrected chi connectivity index (χ2v) is 4.14. The summed E-state index contributed by atoms with van der Waals surface area (Å²) in [6.07, 6.45) is 0.331. The average Bonchev–Trinajstić information content (AvgIpc) is 3.00. The maximum absolute atomic E-state index is 5.81. The smallest absolute Gasteiger partial charge is 0.104 e. The zero-order valence-corrected chi connectivity index (χ0v) is 8.69. The molecular weight excluding hydrogens is 176 g/mol. The first kappa shape index (κ1) is 9.69. The highest BCUT2D eigenvalue weighted by Gasteiger charge is 2.28. The molecule has 0 amide bonds. The van der Waals surface area contributed by atoms with Crippen molar-refractivity contribution in [2.75, 3.05) is 13.2 Å². The van der Waals surface area contributed by atoms with Crippen molar-refractivity contribution in [1.82, 2.24) is 0 Å². The van der Waals surface area contributed by atoms with Gasteiger partial charge in [0.1, 0.15) is 6.10 Å². The Kier molecular flexibility index (Phi) is 2.57. The fourth-order valence-electron chi connectivity index (χ4n) is 1.39. The van der Waals surface area contributed by atoms with Crippen LogP contribution in [-0.4, -0.2) is 19.3 Å². The molecule has 1 aromatic carbocycles. The third-order valence-corrected chi connectivity index (χ3v) is 2.50. The van der Waals surface area contributed by atoms with E-state index in [-0.39, 0.29) is 5.60 Å². The van der Waals surface area contributed by atoms with Gasteiger partial charge in [-0.2, -0.15) is 0 Å². The van der Waals surface area contributed by atoms with Crippen molar-refractivity contribution in [1.29, 1.82) is 0 Å². The maximum atomic E-state index is 5.81. The standard InChI is InChI=1S/C12H16O2/c1-12(2,14-9-11-8-13-11)10-6-4-3-5-7-10/h3-7,11H,8-9H2,1-2H3. The minimum atomic E-state index is -0.215. The molecule has 0 spiro atoms. The second-order valence-electron chi connectivity index (χ2n) is 4.14. The fourth-order valence-corrected chi connectivity index (χ4v) is 1.39. The van der Waals surface area contributed by atoms with E-state index in [0.29, 0.717) is 12.7 Å². The quantitative estimate of drug-likeness (QED) is 0.683. The molecule has 1 aromatic rings. The molecule has 1 atom stereocenters. The Morgan fingerprint density at radius 1 is 1.36 bits per heavy atom. The highest BCUT2D eigenvalue weighted by atomic mass is 16.6. The lowest BCUT2D eigenvalue weighted by Crippen LogP contribution is -2.23. The monoisotopic (exact) mass is 192 g/mol. The molecule has 0 radical (unpaired) electrons. The van der Waals surface area contributed by atoms with E-state index < -0.39 is 0 Å². The molecule has 76 valence electrons. The van der Waals surface area contributed by atoms with Crippen LogP contribution < -0.4 is 0 Å². The summed E-state index contributed by atoms with van der Waals surface area (Å²) < 4.78 is 10.9. The molecular formula is C12H16O2. The summed E-state index contributed by atoms with van der Waals surface area (Å²) >= 11 is 0. The van der Waals surface area contributed by atoms with Crippen LogP contribution in [0.1, 0.15) is 19.4 Å². The Labute approximate surface area is 84.8 Å². The first-order valence-corrected chi connectivity index (χ1v) is 4.99. The summed E-state index contributed by atoms with van der Waals surface area (Å²) in [5, 5.41) is 0. The van der Waals surface area contributed by atoms with Gasteiger partial charge in [0.2, 0.25) is 0 Å². The first-order chi connectivity index (χ1) is 6.68. The average molecular weight is 192 g/mol. The Balaban J connectivity index is 1.99. The van der Waals surface area contributed by atoms with E-state index in [1.165, 1.54) is 5.56 Å². The van der Waals surface area contributed by atoms with Crippen LogP contribution in [-0.2, 0) is 15.1 Å². The predicted octanol–water partition coefficient (Wildman–Crippen LogP) is 2.34. The molecule has 1 aliphatic heterocycles. The summed E-state index contributed by atoms with van der Waals surface area (Å²) in [6.45, 7) is 5.72. The zero-order chi connectivity index (χ0) is 10.0. The molecule has 0 aromatic heterocycles. The van der Waals surface area contributed by atoms with Gasteiger partial charge >= 0.3 is 0 Å². The van der Waals surface area contributed by atoms with Crippen molar-refractivity contribution in [3.63, 3.8) is 0 Å². The summed E-state index contributed by atoms with van der Waals surface area (Å²) in [7, 11) is 0. The van der Waals surface area contributed by atoms with E-state index in [0.717, 1.165) is 6.61 Å².